The van der Waals surface area contributed by atoms with Gasteiger partial charge in [-0.2, -0.15) is 0 Å². The van der Waals surface area contributed by atoms with Crippen molar-refractivity contribution < 1.29 is 14.0 Å². The first-order chi connectivity index (χ1) is 12.1. The van der Waals surface area contributed by atoms with Crippen LogP contribution in [-0.4, -0.2) is 40.5 Å². The molecule has 2 amide bonds. The van der Waals surface area contributed by atoms with E-state index in [4.69, 9.17) is 4.42 Å². The molecule has 1 fully saturated rings. The van der Waals surface area contributed by atoms with Crippen LogP contribution in [-0.2, 0) is 11.3 Å². The molecule has 2 aromatic rings. The van der Waals surface area contributed by atoms with Gasteiger partial charge in [-0.05, 0) is 43.7 Å². The first-order valence-corrected chi connectivity index (χ1v) is 9.51. The van der Waals surface area contributed by atoms with Gasteiger partial charge in [-0.1, -0.05) is 12.1 Å². The summed E-state index contributed by atoms with van der Waals surface area (Å²) in [5.41, 5.74) is 1.71. The lowest BCUT2D eigenvalue weighted by Crippen LogP contribution is -2.30. The maximum atomic E-state index is 12.4. The predicted molar refractivity (Wildman–Crippen MR) is 98.2 cm³/mol. The molecule has 3 rings (SSSR count). The fourth-order valence-corrected chi connectivity index (χ4v) is 4.14. The molecule has 0 unspecified atom stereocenters. The molecule has 1 atom stereocenters. The van der Waals surface area contributed by atoms with Crippen molar-refractivity contribution in [2.24, 2.45) is 0 Å². The number of nitrogens with zero attached hydrogens (tertiary/aromatic N) is 2. The summed E-state index contributed by atoms with van der Waals surface area (Å²) in [4.78, 5) is 28.3. The van der Waals surface area contributed by atoms with Gasteiger partial charge in [0, 0.05) is 18.7 Å². The number of carbonyl (C=O) groups is 2. The summed E-state index contributed by atoms with van der Waals surface area (Å²) in [7, 11) is 0. The second-order valence-electron chi connectivity index (χ2n) is 5.86. The molecule has 2 heterocycles. The van der Waals surface area contributed by atoms with Crippen LogP contribution in [0, 0.1) is 0 Å². The van der Waals surface area contributed by atoms with E-state index in [1.165, 1.54) is 0 Å². The number of thioether (sulfide) groups is 1. The van der Waals surface area contributed by atoms with Crippen molar-refractivity contribution in [2.75, 3.05) is 18.8 Å². The maximum Gasteiger partial charge on any atom is 0.253 e. The normalized spacial score (nSPS) is 17.1. The van der Waals surface area contributed by atoms with E-state index in [0.29, 0.717) is 31.0 Å². The molecule has 0 saturated carbocycles. The molecule has 0 radical (unpaired) electrons. The van der Waals surface area contributed by atoms with Gasteiger partial charge in [-0.3, -0.25) is 9.59 Å². The lowest BCUT2D eigenvalue weighted by Gasteiger charge is -2.24. The highest BCUT2D eigenvalue weighted by molar-refractivity contribution is 8.00. The molecule has 1 aliphatic rings. The van der Waals surface area contributed by atoms with Gasteiger partial charge >= 0.3 is 0 Å². The molecular formula is C19H22N2O3S. The van der Waals surface area contributed by atoms with Crippen LogP contribution in [0.1, 0.15) is 40.9 Å². The molecule has 1 aromatic heterocycles. The molecule has 6 heteroatoms. The van der Waals surface area contributed by atoms with Gasteiger partial charge in [0.1, 0.15) is 11.1 Å². The summed E-state index contributed by atoms with van der Waals surface area (Å²) >= 11 is 1.60. The number of hydrogen-bond acceptors (Lipinski definition) is 4. The molecule has 5 nitrogen and oxygen atoms in total. The Balaban J connectivity index is 1.76. The van der Waals surface area contributed by atoms with Crippen LogP contribution < -0.4 is 0 Å². The first kappa shape index (κ1) is 17.6. The monoisotopic (exact) mass is 358 g/mol. The highest BCUT2D eigenvalue weighted by atomic mass is 32.2. The molecule has 1 aliphatic heterocycles. The molecule has 0 spiro atoms. The average molecular weight is 358 g/mol. The molecule has 25 heavy (non-hydrogen) atoms. The van der Waals surface area contributed by atoms with E-state index in [9.17, 15) is 9.59 Å². The Bertz CT molecular complexity index is 724. The molecule has 1 aromatic carbocycles. The number of rotatable bonds is 6. The van der Waals surface area contributed by atoms with Crippen LogP contribution >= 0.6 is 11.8 Å². The maximum absolute atomic E-state index is 12.4. The van der Waals surface area contributed by atoms with Crippen LogP contribution in [0.15, 0.2) is 47.1 Å². The van der Waals surface area contributed by atoms with Crippen LogP contribution in [0.25, 0.3) is 0 Å². The molecule has 0 aliphatic carbocycles. The minimum atomic E-state index is -0.0461. The highest BCUT2D eigenvalue weighted by Gasteiger charge is 2.33. The third-order valence-corrected chi connectivity index (χ3v) is 5.62. The summed E-state index contributed by atoms with van der Waals surface area (Å²) in [6, 6.07) is 11.3. The first-order valence-electron chi connectivity index (χ1n) is 8.46. The summed E-state index contributed by atoms with van der Waals surface area (Å²) in [6.07, 6.45) is 1.62. The lowest BCUT2D eigenvalue weighted by molar-refractivity contribution is -0.128. The fraction of sp³-hybridized carbons (Fsp3) is 0.368. The molecular weight excluding hydrogens is 336 g/mol. The van der Waals surface area contributed by atoms with Gasteiger partial charge in [0.15, 0.2) is 0 Å². The van der Waals surface area contributed by atoms with Crippen LogP contribution in [0.5, 0.6) is 0 Å². The minimum absolute atomic E-state index is 0.0409. The number of hydrogen-bond donors (Lipinski definition) is 0. The second-order valence-corrected chi connectivity index (χ2v) is 6.93. The summed E-state index contributed by atoms with van der Waals surface area (Å²) in [5, 5.41) is -0.0461. The van der Waals surface area contributed by atoms with Gasteiger partial charge in [0.25, 0.3) is 5.91 Å². The Hall–Kier alpha value is -2.21. The zero-order valence-corrected chi connectivity index (χ0v) is 15.3. The Kier molecular flexibility index (Phi) is 5.48. The van der Waals surface area contributed by atoms with Gasteiger partial charge in [-0.25, -0.2) is 0 Å². The SMILES string of the molecule is CCN(CC)C(=O)c1ccc([C@@H]2SCC(=O)N2Cc2ccco2)cc1. The molecule has 132 valence electrons. The topological polar surface area (TPSA) is 53.8 Å². The van der Waals surface area contributed by atoms with Gasteiger partial charge in [0.2, 0.25) is 5.91 Å². The number of amides is 2. The average Bonchev–Trinajstić information content (AvgIpc) is 3.27. The summed E-state index contributed by atoms with van der Waals surface area (Å²) in [5.74, 6) is 1.38. The summed E-state index contributed by atoms with van der Waals surface area (Å²) in [6.45, 7) is 5.80. The Morgan fingerprint density at radius 2 is 1.96 bits per heavy atom. The standard InChI is InChI=1S/C19H22N2O3S/c1-3-20(4-2)18(23)14-7-9-15(10-8-14)19-21(17(22)13-25-19)12-16-6-5-11-24-16/h5-11,19H,3-4,12-13H2,1-2H3/t19-/m0/s1. The van der Waals surface area contributed by atoms with Gasteiger partial charge in [0.05, 0.1) is 18.6 Å². The smallest absolute Gasteiger partial charge is 0.253 e. The van der Waals surface area contributed by atoms with Crippen molar-refractivity contribution in [3.63, 3.8) is 0 Å². The number of carbonyl (C=O) groups excluding carboxylic acids is 2. The Morgan fingerprint density at radius 3 is 2.56 bits per heavy atom. The number of benzene rings is 1. The Morgan fingerprint density at radius 1 is 1.24 bits per heavy atom. The molecule has 1 saturated heterocycles. The van der Waals surface area contributed by atoms with Crippen molar-refractivity contribution in [3.05, 3.63) is 59.5 Å². The van der Waals surface area contributed by atoms with Crippen molar-refractivity contribution in [1.29, 1.82) is 0 Å². The van der Waals surface area contributed by atoms with E-state index < -0.39 is 0 Å². The van der Waals surface area contributed by atoms with E-state index in [1.807, 2.05) is 55.1 Å². The zero-order chi connectivity index (χ0) is 17.8. The summed E-state index contributed by atoms with van der Waals surface area (Å²) < 4.78 is 5.38. The lowest BCUT2D eigenvalue weighted by atomic mass is 10.1. The predicted octanol–water partition coefficient (Wildman–Crippen LogP) is 3.54. The van der Waals surface area contributed by atoms with Gasteiger partial charge < -0.3 is 14.2 Å². The Labute approximate surface area is 152 Å². The van der Waals surface area contributed by atoms with E-state index in [-0.39, 0.29) is 17.2 Å². The second kappa shape index (κ2) is 7.78. The number of furan rings is 1. The van der Waals surface area contributed by atoms with Gasteiger partial charge in [-0.15, -0.1) is 11.8 Å². The van der Waals surface area contributed by atoms with E-state index in [1.54, 1.807) is 22.9 Å². The molecule has 0 bridgehead atoms. The van der Waals surface area contributed by atoms with Crippen LogP contribution in [0.4, 0.5) is 0 Å². The molecule has 0 N–H and O–H groups in total. The zero-order valence-electron chi connectivity index (χ0n) is 14.5. The van der Waals surface area contributed by atoms with Crippen molar-refractivity contribution >= 4 is 23.6 Å². The van der Waals surface area contributed by atoms with Crippen LogP contribution in [0.2, 0.25) is 0 Å². The quantitative estimate of drug-likeness (QED) is 0.793. The largest absolute Gasteiger partial charge is 0.467 e. The van der Waals surface area contributed by atoms with E-state index in [0.717, 1.165) is 11.3 Å². The van der Waals surface area contributed by atoms with Crippen molar-refractivity contribution in [2.45, 2.75) is 25.8 Å². The van der Waals surface area contributed by atoms with Crippen LogP contribution in [0.3, 0.4) is 0 Å². The van der Waals surface area contributed by atoms with E-state index >= 15 is 0 Å². The highest BCUT2D eigenvalue weighted by Crippen LogP contribution is 2.39. The fourth-order valence-electron chi connectivity index (χ4n) is 2.96. The van der Waals surface area contributed by atoms with Crippen molar-refractivity contribution in [1.82, 2.24) is 9.80 Å². The minimum Gasteiger partial charge on any atom is -0.467 e. The van der Waals surface area contributed by atoms with E-state index in [2.05, 4.69) is 0 Å². The third kappa shape index (κ3) is 3.74. The third-order valence-electron chi connectivity index (χ3n) is 4.37. The van der Waals surface area contributed by atoms with Crippen molar-refractivity contribution in [3.8, 4) is 0 Å².